The Morgan fingerprint density at radius 1 is 1.25 bits per heavy atom. The highest BCUT2D eigenvalue weighted by Gasteiger charge is 2.63. The molecule has 0 amide bonds. The van der Waals surface area contributed by atoms with Crippen molar-refractivity contribution < 1.29 is 9.90 Å². The number of hydrogen-bond donors (Lipinski definition) is 2. The summed E-state index contributed by atoms with van der Waals surface area (Å²) in [4.78, 5) is 10.8. The second-order valence-corrected chi connectivity index (χ2v) is 6.32. The SMILES string of the molecule is CC(NCC1C(C)(C)C1(C)C)C(C)C(=O)O. The van der Waals surface area contributed by atoms with E-state index in [4.69, 9.17) is 5.11 Å². The number of nitrogens with one attached hydrogen (secondary N) is 1. The number of carboxylic acids is 1. The van der Waals surface area contributed by atoms with Gasteiger partial charge in [0, 0.05) is 6.04 Å². The molecule has 3 heteroatoms. The number of carbonyl (C=O) groups is 1. The number of rotatable bonds is 5. The first-order chi connectivity index (χ1) is 7.12. The van der Waals surface area contributed by atoms with E-state index < -0.39 is 5.97 Å². The summed E-state index contributed by atoms with van der Waals surface area (Å²) >= 11 is 0. The lowest BCUT2D eigenvalue weighted by molar-refractivity contribution is -0.141. The molecule has 1 aliphatic carbocycles. The quantitative estimate of drug-likeness (QED) is 0.758. The van der Waals surface area contributed by atoms with Gasteiger partial charge in [-0.05, 0) is 30.2 Å². The first-order valence-corrected chi connectivity index (χ1v) is 6.08. The molecule has 1 fully saturated rings. The predicted octanol–water partition coefficient (Wildman–Crippen LogP) is 2.37. The molecule has 0 aromatic carbocycles. The van der Waals surface area contributed by atoms with E-state index in [1.807, 2.05) is 6.92 Å². The van der Waals surface area contributed by atoms with Crippen LogP contribution in [0.4, 0.5) is 0 Å². The summed E-state index contributed by atoms with van der Waals surface area (Å²) in [6.07, 6.45) is 0. The molecule has 3 nitrogen and oxygen atoms in total. The molecular formula is C13H25NO2. The molecule has 1 saturated carbocycles. The van der Waals surface area contributed by atoms with Crippen LogP contribution < -0.4 is 5.32 Å². The van der Waals surface area contributed by atoms with Gasteiger partial charge < -0.3 is 10.4 Å². The van der Waals surface area contributed by atoms with Gasteiger partial charge in [-0.15, -0.1) is 0 Å². The third kappa shape index (κ3) is 2.10. The number of aliphatic carboxylic acids is 1. The molecular weight excluding hydrogens is 202 g/mol. The minimum absolute atomic E-state index is 0.0321. The van der Waals surface area contributed by atoms with E-state index >= 15 is 0 Å². The molecule has 0 aromatic rings. The van der Waals surface area contributed by atoms with Gasteiger partial charge in [-0.1, -0.05) is 34.6 Å². The van der Waals surface area contributed by atoms with Crippen LogP contribution in [0.3, 0.4) is 0 Å². The molecule has 0 saturated heterocycles. The summed E-state index contributed by atoms with van der Waals surface area (Å²) in [7, 11) is 0. The lowest BCUT2D eigenvalue weighted by Crippen LogP contribution is -2.37. The summed E-state index contributed by atoms with van der Waals surface area (Å²) in [6.45, 7) is 13.7. The predicted molar refractivity (Wildman–Crippen MR) is 65.3 cm³/mol. The van der Waals surface area contributed by atoms with E-state index in [1.165, 1.54) is 0 Å². The normalized spacial score (nSPS) is 26.1. The Morgan fingerprint density at radius 2 is 1.69 bits per heavy atom. The van der Waals surface area contributed by atoms with Gasteiger partial charge in [0.25, 0.3) is 0 Å². The highest BCUT2D eigenvalue weighted by Crippen LogP contribution is 2.67. The Morgan fingerprint density at radius 3 is 2.00 bits per heavy atom. The summed E-state index contributed by atoms with van der Waals surface area (Å²) in [5, 5.41) is 12.3. The van der Waals surface area contributed by atoms with Gasteiger partial charge >= 0.3 is 5.97 Å². The van der Waals surface area contributed by atoms with Gasteiger partial charge in [-0.2, -0.15) is 0 Å². The fraction of sp³-hybridized carbons (Fsp3) is 0.923. The molecule has 0 heterocycles. The Balaban J connectivity index is 2.40. The maximum Gasteiger partial charge on any atom is 0.307 e. The van der Waals surface area contributed by atoms with Crippen LogP contribution in [0.5, 0.6) is 0 Å². The van der Waals surface area contributed by atoms with Gasteiger partial charge in [0.2, 0.25) is 0 Å². The first-order valence-electron chi connectivity index (χ1n) is 6.08. The van der Waals surface area contributed by atoms with Crippen LogP contribution in [-0.2, 0) is 4.79 Å². The van der Waals surface area contributed by atoms with Gasteiger partial charge in [0.05, 0.1) is 5.92 Å². The zero-order chi connectivity index (χ0) is 12.7. The van der Waals surface area contributed by atoms with Gasteiger partial charge in [0.15, 0.2) is 0 Å². The lowest BCUT2D eigenvalue weighted by Gasteiger charge is -2.18. The molecule has 0 spiro atoms. The van der Waals surface area contributed by atoms with Gasteiger partial charge in [0.1, 0.15) is 0 Å². The molecule has 0 aliphatic heterocycles. The van der Waals surface area contributed by atoms with Crippen molar-refractivity contribution in [1.29, 1.82) is 0 Å². The second kappa shape index (κ2) is 4.02. The van der Waals surface area contributed by atoms with Crippen molar-refractivity contribution in [3.05, 3.63) is 0 Å². The third-order valence-corrected chi connectivity index (χ3v) is 5.10. The van der Waals surface area contributed by atoms with E-state index in [0.717, 1.165) is 6.54 Å². The Bertz CT molecular complexity index is 270. The van der Waals surface area contributed by atoms with Crippen molar-refractivity contribution in [2.75, 3.05) is 6.54 Å². The van der Waals surface area contributed by atoms with Crippen LogP contribution >= 0.6 is 0 Å². The fourth-order valence-electron chi connectivity index (χ4n) is 2.54. The average Bonchev–Trinajstić information content (AvgIpc) is 2.53. The highest BCUT2D eigenvalue weighted by molar-refractivity contribution is 5.70. The Hall–Kier alpha value is -0.570. The van der Waals surface area contributed by atoms with Crippen molar-refractivity contribution in [2.45, 2.75) is 47.6 Å². The van der Waals surface area contributed by atoms with Crippen molar-refractivity contribution >= 4 is 5.97 Å². The zero-order valence-electron chi connectivity index (χ0n) is 11.3. The van der Waals surface area contributed by atoms with Crippen molar-refractivity contribution in [3.8, 4) is 0 Å². The minimum atomic E-state index is -0.727. The summed E-state index contributed by atoms with van der Waals surface area (Å²) in [5.41, 5.74) is 0.734. The van der Waals surface area contributed by atoms with Crippen LogP contribution in [0.15, 0.2) is 0 Å². The lowest BCUT2D eigenvalue weighted by atomic mass is 10.0. The van der Waals surface area contributed by atoms with Crippen LogP contribution in [0.1, 0.15) is 41.5 Å². The second-order valence-electron chi connectivity index (χ2n) is 6.32. The van der Waals surface area contributed by atoms with E-state index in [-0.39, 0.29) is 12.0 Å². The van der Waals surface area contributed by atoms with E-state index in [9.17, 15) is 4.79 Å². The van der Waals surface area contributed by atoms with Crippen LogP contribution in [0.25, 0.3) is 0 Å². The van der Waals surface area contributed by atoms with E-state index in [0.29, 0.717) is 16.7 Å². The summed E-state index contributed by atoms with van der Waals surface area (Å²) < 4.78 is 0. The molecule has 2 unspecified atom stereocenters. The van der Waals surface area contributed by atoms with Crippen LogP contribution in [0.2, 0.25) is 0 Å². The summed E-state index contributed by atoms with van der Waals surface area (Å²) in [6, 6.07) is 0.0321. The summed E-state index contributed by atoms with van der Waals surface area (Å²) in [5.74, 6) is -0.414. The fourth-order valence-corrected chi connectivity index (χ4v) is 2.54. The maximum atomic E-state index is 10.8. The van der Waals surface area contributed by atoms with Crippen molar-refractivity contribution in [2.24, 2.45) is 22.7 Å². The molecule has 0 radical (unpaired) electrons. The first kappa shape index (κ1) is 13.5. The molecule has 2 atom stereocenters. The van der Waals surface area contributed by atoms with Gasteiger partial charge in [-0.3, -0.25) is 4.79 Å². The third-order valence-electron chi connectivity index (χ3n) is 5.10. The largest absolute Gasteiger partial charge is 0.481 e. The van der Waals surface area contributed by atoms with Crippen molar-refractivity contribution in [3.63, 3.8) is 0 Å². The Kier molecular flexibility index (Phi) is 3.39. The zero-order valence-corrected chi connectivity index (χ0v) is 11.3. The smallest absolute Gasteiger partial charge is 0.307 e. The van der Waals surface area contributed by atoms with Crippen LogP contribution in [-0.4, -0.2) is 23.7 Å². The number of carboxylic acid groups (broad SMARTS) is 1. The molecule has 1 aliphatic rings. The average molecular weight is 227 g/mol. The molecule has 1 rings (SSSR count). The molecule has 0 aromatic heterocycles. The van der Waals surface area contributed by atoms with E-state index in [1.54, 1.807) is 6.92 Å². The molecule has 0 bridgehead atoms. The topological polar surface area (TPSA) is 49.3 Å². The standard InChI is InChI=1S/C13H25NO2/c1-8(11(15)16)9(2)14-7-10-12(3,4)13(10,5)6/h8-10,14H,7H2,1-6H3,(H,15,16). The Labute approximate surface area is 98.6 Å². The number of hydrogen-bond acceptors (Lipinski definition) is 2. The van der Waals surface area contributed by atoms with Crippen LogP contribution in [0, 0.1) is 22.7 Å². The van der Waals surface area contributed by atoms with E-state index in [2.05, 4.69) is 33.0 Å². The minimum Gasteiger partial charge on any atom is -0.481 e. The van der Waals surface area contributed by atoms with Gasteiger partial charge in [-0.25, -0.2) is 0 Å². The molecule has 16 heavy (non-hydrogen) atoms. The molecule has 94 valence electrons. The maximum absolute atomic E-state index is 10.8. The monoisotopic (exact) mass is 227 g/mol. The molecule has 2 N–H and O–H groups in total. The highest BCUT2D eigenvalue weighted by atomic mass is 16.4. The van der Waals surface area contributed by atoms with Crippen molar-refractivity contribution in [1.82, 2.24) is 5.32 Å².